The molecule has 0 unspecified atom stereocenters. The fourth-order valence-electron chi connectivity index (χ4n) is 5.54. The highest BCUT2D eigenvalue weighted by Gasteiger charge is 2.27. The number of carbonyl (C=O) groups excluding carboxylic acids is 1. The van der Waals surface area contributed by atoms with Gasteiger partial charge in [0.15, 0.2) is 11.5 Å². The molecule has 5 rings (SSSR count). The lowest BCUT2D eigenvalue weighted by molar-refractivity contribution is -0.126. The average molecular weight is 570 g/mol. The predicted octanol–water partition coefficient (Wildman–Crippen LogP) is 4.93. The third-order valence-corrected chi connectivity index (χ3v) is 7.84. The molecule has 10 nitrogen and oxygen atoms in total. The highest BCUT2D eigenvalue weighted by Crippen LogP contribution is 2.36. The minimum absolute atomic E-state index is 0.118. The van der Waals surface area contributed by atoms with E-state index in [1.54, 1.807) is 42.8 Å². The minimum atomic E-state index is -1.15. The molecule has 1 aliphatic carbocycles. The second-order valence-corrected chi connectivity index (χ2v) is 11.4. The van der Waals surface area contributed by atoms with Crippen LogP contribution in [0.15, 0.2) is 66.1 Å². The molecule has 10 heteroatoms. The Bertz CT molecular complexity index is 1620. The number of amides is 1. The van der Waals surface area contributed by atoms with Crippen LogP contribution in [0, 0.1) is 5.92 Å². The number of nitrogens with one attached hydrogen (secondary N) is 2. The van der Waals surface area contributed by atoms with E-state index in [0.29, 0.717) is 34.4 Å². The standard InChI is InChI=1S/C32H39N7O3/c1-5-18-33-29(40)23-12-10-21(11-13-23)22-14-16-24(17-15-22)35-31-34-20-25-28(37-31)39(38(19-6-2)30(25)41)27-9-7-8-26(36-27)32(3,4)42/h6-9,14-17,20-21,23,42H,2,5,10-13,18-19H2,1,3-4H3,(H,33,40)(H,34,35,37). The van der Waals surface area contributed by atoms with Gasteiger partial charge in [-0.05, 0) is 81.7 Å². The van der Waals surface area contributed by atoms with E-state index in [0.717, 1.165) is 44.3 Å². The topological polar surface area (TPSA) is 127 Å². The van der Waals surface area contributed by atoms with Crippen molar-refractivity contribution in [2.24, 2.45) is 5.92 Å². The van der Waals surface area contributed by atoms with Crippen LogP contribution in [0.5, 0.6) is 0 Å². The summed E-state index contributed by atoms with van der Waals surface area (Å²) in [6, 6.07) is 13.6. The average Bonchev–Trinajstić information content (AvgIpc) is 3.26. The molecule has 3 heterocycles. The van der Waals surface area contributed by atoms with E-state index in [1.807, 2.05) is 12.1 Å². The SMILES string of the molecule is C=CCn1c(=O)c2cnc(Nc3ccc(C4CCC(C(=O)NCCC)CC4)cc3)nc2n1-c1cccc(C(C)(C)O)n1. The van der Waals surface area contributed by atoms with E-state index in [-0.39, 0.29) is 23.9 Å². The fraction of sp³-hybridized carbons (Fsp3) is 0.406. The molecule has 1 fully saturated rings. The number of carbonyl (C=O) groups is 1. The van der Waals surface area contributed by atoms with Gasteiger partial charge in [-0.25, -0.2) is 19.3 Å². The zero-order valence-corrected chi connectivity index (χ0v) is 24.5. The van der Waals surface area contributed by atoms with E-state index in [4.69, 9.17) is 4.98 Å². The number of pyridine rings is 1. The summed E-state index contributed by atoms with van der Waals surface area (Å²) in [4.78, 5) is 39.3. The first-order valence-corrected chi connectivity index (χ1v) is 14.6. The summed E-state index contributed by atoms with van der Waals surface area (Å²) < 4.78 is 3.15. The van der Waals surface area contributed by atoms with Crippen LogP contribution in [0.25, 0.3) is 16.9 Å². The molecule has 3 N–H and O–H groups in total. The predicted molar refractivity (Wildman–Crippen MR) is 164 cm³/mol. The van der Waals surface area contributed by atoms with Crippen molar-refractivity contribution >= 4 is 28.6 Å². The third-order valence-electron chi connectivity index (χ3n) is 7.84. The molecule has 0 saturated heterocycles. The molecule has 0 radical (unpaired) electrons. The highest BCUT2D eigenvalue weighted by atomic mass is 16.3. The molecule has 0 spiro atoms. The largest absolute Gasteiger partial charge is 0.384 e. The first kappa shape index (κ1) is 29.2. The van der Waals surface area contributed by atoms with Crippen LogP contribution >= 0.6 is 0 Å². The summed E-state index contributed by atoms with van der Waals surface area (Å²) >= 11 is 0. The second kappa shape index (κ2) is 12.3. The van der Waals surface area contributed by atoms with Gasteiger partial charge in [0, 0.05) is 24.3 Å². The van der Waals surface area contributed by atoms with Crippen molar-refractivity contribution in [3.63, 3.8) is 0 Å². The smallest absolute Gasteiger partial charge is 0.278 e. The summed E-state index contributed by atoms with van der Waals surface area (Å²) in [5, 5.41) is 17.2. The number of benzene rings is 1. The Hall–Kier alpha value is -4.31. The minimum Gasteiger partial charge on any atom is -0.384 e. The Kier molecular flexibility index (Phi) is 8.54. The molecule has 4 aromatic rings. The van der Waals surface area contributed by atoms with Crippen molar-refractivity contribution in [3.8, 4) is 5.82 Å². The molecule has 1 amide bonds. The van der Waals surface area contributed by atoms with Crippen LogP contribution in [0.2, 0.25) is 0 Å². The van der Waals surface area contributed by atoms with Crippen molar-refractivity contribution in [1.82, 2.24) is 29.6 Å². The molecular formula is C32H39N7O3. The zero-order chi connectivity index (χ0) is 29.9. The van der Waals surface area contributed by atoms with Crippen molar-refractivity contribution < 1.29 is 9.90 Å². The number of anilines is 2. The van der Waals surface area contributed by atoms with Gasteiger partial charge in [0.25, 0.3) is 5.56 Å². The number of fused-ring (bicyclic) bond motifs is 1. The maximum atomic E-state index is 13.3. The Labute approximate surface area is 245 Å². The maximum Gasteiger partial charge on any atom is 0.278 e. The number of hydrogen-bond acceptors (Lipinski definition) is 7. The number of aliphatic hydroxyl groups is 1. The number of rotatable bonds is 10. The summed E-state index contributed by atoms with van der Waals surface area (Å²) in [7, 11) is 0. The van der Waals surface area contributed by atoms with Gasteiger partial charge in [0.2, 0.25) is 11.9 Å². The quantitative estimate of drug-likeness (QED) is 0.231. The monoisotopic (exact) mass is 569 g/mol. The van der Waals surface area contributed by atoms with Crippen molar-refractivity contribution in [1.29, 1.82) is 0 Å². The van der Waals surface area contributed by atoms with Gasteiger partial charge in [-0.15, -0.1) is 6.58 Å². The molecule has 0 aliphatic heterocycles. The van der Waals surface area contributed by atoms with Crippen LogP contribution in [0.4, 0.5) is 11.6 Å². The van der Waals surface area contributed by atoms with Gasteiger partial charge in [-0.3, -0.25) is 9.59 Å². The van der Waals surface area contributed by atoms with Crippen molar-refractivity contribution in [2.75, 3.05) is 11.9 Å². The Balaban J connectivity index is 1.37. The summed E-state index contributed by atoms with van der Waals surface area (Å²) in [5.74, 6) is 1.55. The van der Waals surface area contributed by atoms with Crippen LogP contribution < -0.4 is 16.2 Å². The lowest BCUT2D eigenvalue weighted by Crippen LogP contribution is -2.33. The molecule has 220 valence electrons. The van der Waals surface area contributed by atoms with Gasteiger partial charge in [-0.2, -0.15) is 4.98 Å². The Morgan fingerprint density at radius 3 is 2.52 bits per heavy atom. The number of nitrogens with zero attached hydrogens (tertiary/aromatic N) is 5. The normalized spacial score (nSPS) is 17.2. The third kappa shape index (κ3) is 6.13. The first-order valence-electron chi connectivity index (χ1n) is 14.6. The van der Waals surface area contributed by atoms with E-state index >= 15 is 0 Å². The van der Waals surface area contributed by atoms with E-state index in [2.05, 4.69) is 46.2 Å². The summed E-state index contributed by atoms with van der Waals surface area (Å²) in [6.07, 6.45) is 7.93. The van der Waals surface area contributed by atoms with E-state index in [1.165, 1.54) is 16.4 Å². The van der Waals surface area contributed by atoms with E-state index < -0.39 is 5.60 Å². The number of allylic oxidation sites excluding steroid dienone is 1. The molecular weight excluding hydrogens is 530 g/mol. The zero-order valence-electron chi connectivity index (χ0n) is 24.5. The van der Waals surface area contributed by atoms with Gasteiger partial charge in [-0.1, -0.05) is 31.2 Å². The van der Waals surface area contributed by atoms with Gasteiger partial charge < -0.3 is 15.7 Å². The molecule has 1 aromatic carbocycles. The van der Waals surface area contributed by atoms with Crippen molar-refractivity contribution in [2.45, 2.75) is 70.9 Å². The molecule has 1 saturated carbocycles. The lowest BCUT2D eigenvalue weighted by atomic mass is 9.78. The van der Waals surface area contributed by atoms with Gasteiger partial charge in [0.1, 0.15) is 11.0 Å². The Morgan fingerprint density at radius 1 is 1.12 bits per heavy atom. The summed E-state index contributed by atoms with van der Waals surface area (Å²) in [6.45, 7) is 10.2. The van der Waals surface area contributed by atoms with Crippen LogP contribution in [0.3, 0.4) is 0 Å². The molecule has 0 atom stereocenters. The summed E-state index contributed by atoms with van der Waals surface area (Å²) in [5.41, 5.74) is 1.55. The first-order chi connectivity index (χ1) is 20.2. The van der Waals surface area contributed by atoms with Gasteiger partial charge >= 0.3 is 0 Å². The molecule has 0 bridgehead atoms. The van der Waals surface area contributed by atoms with Crippen LogP contribution in [-0.2, 0) is 16.9 Å². The number of aromatic nitrogens is 5. The molecule has 1 aliphatic rings. The highest BCUT2D eigenvalue weighted by molar-refractivity contribution is 5.79. The van der Waals surface area contributed by atoms with Crippen molar-refractivity contribution in [3.05, 3.63) is 82.9 Å². The van der Waals surface area contributed by atoms with Gasteiger partial charge in [0.05, 0.1) is 12.2 Å². The van der Waals surface area contributed by atoms with Crippen LogP contribution in [0.1, 0.15) is 70.1 Å². The molecule has 3 aromatic heterocycles. The Morgan fingerprint density at radius 2 is 1.86 bits per heavy atom. The number of hydrogen-bond donors (Lipinski definition) is 3. The second-order valence-electron chi connectivity index (χ2n) is 11.4. The fourth-order valence-corrected chi connectivity index (χ4v) is 5.54. The molecule has 42 heavy (non-hydrogen) atoms. The van der Waals surface area contributed by atoms with Crippen LogP contribution in [-0.4, -0.2) is 41.9 Å². The lowest BCUT2D eigenvalue weighted by Gasteiger charge is -2.28. The maximum absolute atomic E-state index is 13.3. The van der Waals surface area contributed by atoms with E-state index in [9.17, 15) is 14.7 Å².